The lowest BCUT2D eigenvalue weighted by Gasteiger charge is -2.20. The second-order valence-electron chi connectivity index (χ2n) is 5.03. The summed E-state index contributed by atoms with van der Waals surface area (Å²) < 4.78 is 2.22. The summed E-state index contributed by atoms with van der Waals surface area (Å²) in [7, 11) is 0. The molecule has 0 saturated carbocycles. The van der Waals surface area contributed by atoms with Gasteiger partial charge in [-0.3, -0.25) is 0 Å². The van der Waals surface area contributed by atoms with Crippen LogP contribution in [0.4, 0.5) is 0 Å². The van der Waals surface area contributed by atoms with Gasteiger partial charge in [0.25, 0.3) is 0 Å². The highest BCUT2D eigenvalue weighted by atomic mass is 79.9. The van der Waals surface area contributed by atoms with Crippen molar-refractivity contribution in [2.75, 3.05) is 0 Å². The standard InChI is InChI=1S/C17H19Br2ClS/c1-4-10-7-11(5-2)15(12(6-3)8-10)16(20)13-9-14(18)21-17(13)19/h7-9,16H,4-6H2,1-3H3. The topological polar surface area (TPSA) is 0 Å². The molecule has 0 N–H and O–H groups in total. The van der Waals surface area contributed by atoms with Gasteiger partial charge in [0.15, 0.2) is 0 Å². The van der Waals surface area contributed by atoms with Crippen molar-refractivity contribution in [1.29, 1.82) is 0 Å². The molecule has 0 aliphatic heterocycles. The van der Waals surface area contributed by atoms with Gasteiger partial charge in [-0.2, -0.15) is 0 Å². The summed E-state index contributed by atoms with van der Waals surface area (Å²) in [5.41, 5.74) is 6.61. The summed E-state index contributed by atoms with van der Waals surface area (Å²) in [5, 5.41) is -0.0993. The summed E-state index contributed by atoms with van der Waals surface area (Å²) in [6.07, 6.45) is 3.10. The van der Waals surface area contributed by atoms with E-state index in [1.165, 1.54) is 22.3 Å². The lowest BCUT2D eigenvalue weighted by molar-refractivity contribution is 0.964. The van der Waals surface area contributed by atoms with Gasteiger partial charge >= 0.3 is 0 Å². The Morgan fingerprint density at radius 3 is 1.95 bits per heavy atom. The molecule has 4 heteroatoms. The molecule has 0 nitrogen and oxygen atoms in total. The number of rotatable bonds is 5. The third-order valence-electron chi connectivity index (χ3n) is 3.79. The monoisotopic (exact) mass is 448 g/mol. The minimum absolute atomic E-state index is 0.0993. The Hall–Kier alpha value is 0.170. The SMILES string of the molecule is CCc1cc(CC)c(C(Cl)c2cc(Br)sc2Br)c(CC)c1. The normalized spacial score (nSPS) is 12.7. The van der Waals surface area contributed by atoms with E-state index < -0.39 is 0 Å². The molecule has 0 spiro atoms. The molecule has 2 aromatic rings. The largest absolute Gasteiger partial charge is 0.121 e. The van der Waals surface area contributed by atoms with Gasteiger partial charge in [0.1, 0.15) is 0 Å². The van der Waals surface area contributed by atoms with Crippen molar-refractivity contribution in [3.05, 3.63) is 53.6 Å². The molecule has 0 radical (unpaired) electrons. The average Bonchev–Trinajstić information content (AvgIpc) is 2.83. The van der Waals surface area contributed by atoms with E-state index in [1.54, 1.807) is 11.3 Å². The molecule has 1 heterocycles. The van der Waals surface area contributed by atoms with Crippen molar-refractivity contribution in [3.8, 4) is 0 Å². The van der Waals surface area contributed by atoms with Crippen LogP contribution in [-0.2, 0) is 19.3 Å². The van der Waals surface area contributed by atoms with Crippen LogP contribution in [0.1, 0.15) is 54.0 Å². The maximum Gasteiger partial charge on any atom is 0.0860 e. The van der Waals surface area contributed by atoms with Crippen LogP contribution in [0, 0.1) is 0 Å². The fraction of sp³-hybridized carbons (Fsp3) is 0.412. The lowest BCUT2D eigenvalue weighted by Crippen LogP contribution is -2.05. The molecule has 21 heavy (non-hydrogen) atoms. The number of hydrogen-bond acceptors (Lipinski definition) is 1. The maximum atomic E-state index is 6.87. The van der Waals surface area contributed by atoms with Gasteiger partial charge in [-0.25, -0.2) is 0 Å². The van der Waals surface area contributed by atoms with E-state index in [9.17, 15) is 0 Å². The first kappa shape index (κ1) is 17.5. The molecule has 0 fully saturated rings. The first-order chi connectivity index (χ1) is 10.0. The molecule has 0 aliphatic carbocycles. The molecule has 0 amide bonds. The molecule has 114 valence electrons. The van der Waals surface area contributed by atoms with E-state index in [1.807, 2.05) is 0 Å². The Morgan fingerprint density at radius 1 is 1.00 bits per heavy atom. The van der Waals surface area contributed by atoms with Crippen LogP contribution in [0.25, 0.3) is 0 Å². The van der Waals surface area contributed by atoms with Crippen molar-refractivity contribution in [2.45, 2.75) is 45.4 Å². The number of aryl methyl sites for hydroxylation is 3. The second kappa shape index (κ2) is 7.63. The average molecular weight is 451 g/mol. The van der Waals surface area contributed by atoms with Gasteiger partial charge in [-0.05, 0) is 79.4 Å². The zero-order valence-corrected chi connectivity index (χ0v) is 17.2. The Bertz CT molecular complexity index is 609. The van der Waals surface area contributed by atoms with Crippen LogP contribution >= 0.6 is 54.8 Å². The van der Waals surface area contributed by atoms with E-state index >= 15 is 0 Å². The van der Waals surface area contributed by atoms with Crippen LogP contribution in [0.2, 0.25) is 0 Å². The number of hydrogen-bond donors (Lipinski definition) is 0. The molecule has 0 bridgehead atoms. The smallest absolute Gasteiger partial charge is 0.0860 e. The number of thiophene rings is 1. The zero-order chi connectivity index (χ0) is 15.6. The molecule has 0 aliphatic rings. The van der Waals surface area contributed by atoms with Gasteiger partial charge in [0.05, 0.1) is 12.9 Å². The molecular weight excluding hydrogens is 432 g/mol. The summed E-state index contributed by atoms with van der Waals surface area (Å²) in [4.78, 5) is 0. The van der Waals surface area contributed by atoms with Crippen LogP contribution in [0.5, 0.6) is 0 Å². The molecule has 1 aromatic heterocycles. The van der Waals surface area contributed by atoms with Crippen LogP contribution in [0.3, 0.4) is 0 Å². The van der Waals surface area contributed by atoms with Crippen LogP contribution < -0.4 is 0 Å². The first-order valence-corrected chi connectivity index (χ1v) is 10.1. The summed E-state index contributed by atoms with van der Waals surface area (Å²) in [6.45, 7) is 6.62. The highest BCUT2D eigenvalue weighted by Gasteiger charge is 2.22. The Kier molecular flexibility index (Phi) is 6.37. The molecular formula is C17H19Br2ClS. The molecule has 1 atom stereocenters. The Balaban J connectivity index is 2.58. The zero-order valence-electron chi connectivity index (χ0n) is 12.5. The summed E-state index contributed by atoms with van der Waals surface area (Å²) >= 11 is 15.7. The van der Waals surface area contributed by atoms with E-state index in [0.29, 0.717) is 0 Å². The van der Waals surface area contributed by atoms with Crippen LogP contribution in [0.15, 0.2) is 25.8 Å². The van der Waals surface area contributed by atoms with Gasteiger partial charge in [-0.1, -0.05) is 32.9 Å². The number of benzene rings is 1. The molecule has 1 aromatic carbocycles. The summed E-state index contributed by atoms with van der Waals surface area (Å²) in [6, 6.07) is 6.76. The van der Waals surface area contributed by atoms with E-state index in [0.717, 1.165) is 32.4 Å². The molecule has 1 unspecified atom stereocenters. The summed E-state index contributed by atoms with van der Waals surface area (Å²) in [5.74, 6) is 0. The van der Waals surface area contributed by atoms with E-state index in [-0.39, 0.29) is 5.38 Å². The molecule has 2 rings (SSSR count). The maximum absolute atomic E-state index is 6.87. The van der Waals surface area contributed by atoms with Crippen molar-refractivity contribution in [3.63, 3.8) is 0 Å². The number of alkyl halides is 1. The minimum Gasteiger partial charge on any atom is -0.121 e. The third-order valence-corrected chi connectivity index (χ3v) is 6.63. The second-order valence-corrected chi connectivity index (χ2v) is 9.22. The predicted molar refractivity (Wildman–Crippen MR) is 102 cm³/mol. The lowest BCUT2D eigenvalue weighted by atomic mass is 9.90. The van der Waals surface area contributed by atoms with Gasteiger partial charge < -0.3 is 0 Å². The predicted octanol–water partition coefficient (Wildman–Crippen LogP) is 7.29. The first-order valence-electron chi connectivity index (χ1n) is 7.25. The highest BCUT2D eigenvalue weighted by molar-refractivity contribution is 9.12. The minimum atomic E-state index is -0.0993. The molecule has 0 saturated heterocycles. The number of halogens is 3. The van der Waals surface area contributed by atoms with Gasteiger partial charge in [0, 0.05) is 5.56 Å². The van der Waals surface area contributed by atoms with Crippen molar-refractivity contribution >= 4 is 54.8 Å². The van der Waals surface area contributed by atoms with Crippen molar-refractivity contribution < 1.29 is 0 Å². The van der Waals surface area contributed by atoms with Crippen molar-refractivity contribution in [2.24, 2.45) is 0 Å². The van der Waals surface area contributed by atoms with Gasteiger partial charge in [0.2, 0.25) is 0 Å². The van der Waals surface area contributed by atoms with E-state index in [2.05, 4.69) is 70.8 Å². The van der Waals surface area contributed by atoms with E-state index in [4.69, 9.17) is 11.6 Å². The Morgan fingerprint density at radius 2 is 1.57 bits per heavy atom. The quantitative estimate of drug-likeness (QED) is 0.420. The van der Waals surface area contributed by atoms with Gasteiger partial charge in [-0.15, -0.1) is 22.9 Å². The fourth-order valence-corrected chi connectivity index (χ4v) is 6.20. The third kappa shape index (κ3) is 3.74. The van der Waals surface area contributed by atoms with Crippen LogP contribution in [-0.4, -0.2) is 0 Å². The fourth-order valence-electron chi connectivity index (χ4n) is 2.65. The Labute approximate surface area is 153 Å². The van der Waals surface area contributed by atoms with Crippen molar-refractivity contribution in [1.82, 2.24) is 0 Å². The highest BCUT2D eigenvalue weighted by Crippen LogP contribution is 2.43.